The number of piperazine rings is 1. The van der Waals surface area contributed by atoms with Gasteiger partial charge in [-0.25, -0.2) is 9.97 Å². The summed E-state index contributed by atoms with van der Waals surface area (Å²) in [5.41, 5.74) is 2.89. The molecule has 1 N–H and O–H groups in total. The number of hydrogen-bond donors (Lipinski definition) is 1. The van der Waals surface area contributed by atoms with Gasteiger partial charge in [-0.1, -0.05) is 44.5 Å². The normalized spacial score (nSPS) is 25.4. The highest BCUT2D eigenvalue weighted by atomic mass is 35.5. The topological polar surface area (TPSA) is 72.8 Å². The zero-order valence-electron chi connectivity index (χ0n) is 21.6. The van der Waals surface area contributed by atoms with E-state index in [9.17, 15) is 9.90 Å². The van der Waals surface area contributed by atoms with E-state index in [0.717, 1.165) is 61.7 Å². The van der Waals surface area contributed by atoms with Crippen molar-refractivity contribution in [3.63, 3.8) is 0 Å². The fourth-order valence-electron chi connectivity index (χ4n) is 6.41. The Morgan fingerprint density at radius 2 is 1.83 bits per heavy atom. The Hall–Kier alpha value is -2.22. The molecule has 3 aliphatic rings. The van der Waals surface area contributed by atoms with Gasteiger partial charge >= 0.3 is 0 Å². The first kappa shape index (κ1) is 25.4. The van der Waals surface area contributed by atoms with E-state index in [1.165, 1.54) is 0 Å². The van der Waals surface area contributed by atoms with E-state index in [2.05, 4.69) is 40.5 Å². The lowest BCUT2D eigenvalue weighted by molar-refractivity contribution is -0.134. The molecule has 4 atom stereocenters. The van der Waals surface area contributed by atoms with Gasteiger partial charge in [-0.2, -0.15) is 0 Å². The number of carbonyl (C=O) groups excluding carboxylic acids is 1. The second kappa shape index (κ2) is 10.6. The molecule has 2 aromatic rings. The molecule has 2 aliphatic heterocycles. The largest absolute Gasteiger partial charge is 0.387 e. The van der Waals surface area contributed by atoms with Crippen molar-refractivity contribution in [2.75, 3.05) is 44.2 Å². The number of benzene rings is 1. The lowest BCUT2D eigenvalue weighted by atomic mass is 9.88. The van der Waals surface area contributed by atoms with Crippen LogP contribution in [0, 0.1) is 5.92 Å². The van der Waals surface area contributed by atoms with Gasteiger partial charge in [0.25, 0.3) is 0 Å². The van der Waals surface area contributed by atoms with E-state index in [-0.39, 0.29) is 23.8 Å². The second-order valence-electron chi connectivity index (χ2n) is 11.1. The van der Waals surface area contributed by atoms with Gasteiger partial charge in [-0.3, -0.25) is 9.69 Å². The molecule has 0 saturated carbocycles. The number of rotatable bonds is 6. The highest BCUT2D eigenvalue weighted by molar-refractivity contribution is 6.30. The summed E-state index contributed by atoms with van der Waals surface area (Å²) in [6.07, 6.45) is 3.91. The number of aliphatic hydroxyl groups is 1. The van der Waals surface area contributed by atoms with Gasteiger partial charge in [0.15, 0.2) is 0 Å². The number of aromatic nitrogens is 2. The van der Waals surface area contributed by atoms with Crippen LogP contribution < -0.4 is 4.90 Å². The minimum absolute atomic E-state index is 0.187. The van der Waals surface area contributed by atoms with Crippen molar-refractivity contribution in [3.8, 4) is 0 Å². The van der Waals surface area contributed by atoms with Gasteiger partial charge in [0.2, 0.25) is 5.91 Å². The van der Waals surface area contributed by atoms with E-state index in [1.54, 1.807) is 6.33 Å². The van der Waals surface area contributed by atoms with Crippen LogP contribution >= 0.6 is 11.6 Å². The van der Waals surface area contributed by atoms with Crippen molar-refractivity contribution < 1.29 is 9.90 Å². The fourth-order valence-corrected chi connectivity index (χ4v) is 6.54. The van der Waals surface area contributed by atoms with Gasteiger partial charge < -0.3 is 14.9 Å². The summed E-state index contributed by atoms with van der Waals surface area (Å²) < 4.78 is 0. The minimum atomic E-state index is -0.514. The summed E-state index contributed by atoms with van der Waals surface area (Å²) in [7, 11) is 0. The summed E-state index contributed by atoms with van der Waals surface area (Å²) in [6.45, 7) is 11.5. The van der Waals surface area contributed by atoms with Gasteiger partial charge in [0.1, 0.15) is 12.1 Å². The predicted octanol–water partition coefficient (Wildman–Crippen LogP) is 4.22. The molecule has 1 aromatic carbocycles. The molecule has 194 valence electrons. The van der Waals surface area contributed by atoms with E-state index < -0.39 is 6.10 Å². The van der Waals surface area contributed by atoms with Crippen LogP contribution in [0.15, 0.2) is 30.6 Å². The first-order valence-electron chi connectivity index (χ1n) is 13.4. The zero-order valence-corrected chi connectivity index (χ0v) is 22.4. The number of halogens is 1. The monoisotopic (exact) mass is 511 g/mol. The van der Waals surface area contributed by atoms with Crippen LogP contribution in [0.5, 0.6) is 0 Å². The number of amides is 1. The first-order valence-corrected chi connectivity index (χ1v) is 13.8. The van der Waals surface area contributed by atoms with Crippen LogP contribution in [-0.2, 0) is 4.79 Å². The third kappa shape index (κ3) is 4.98. The molecule has 1 aliphatic carbocycles. The molecule has 36 heavy (non-hydrogen) atoms. The molecule has 0 unspecified atom stereocenters. The van der Waals surface area contributed by atoms with Gasteiger partial charge in [0, 0.05) is 49.4 Å². The molecule has 2 saturated heterocycles. The molecule has 7 nitrogen and oxygen atoms in total. The third-order valence-electron chi connectivity index (χ3n) is 8.06. The van der Waals surface area contributed by atoms with Gasteiger partial charge in [-0.05, 0) is 55.3 Å². The molecule has 1 aromatic heterocycles. The third-order valence-corrected chi connectivity index (χ3v) is 8.32. The highest BCUT2D eigenvalue weighted by Gasteiger charge is 2.40. The van der Waals surface area contributed by atoms with E-state index in [0.29, 0.717) is 30.5 Å². The second-order valence-corrected chi connectivity index (χ2v) is 11.5. The first-order chi connectivity index (χ1) is 17.3. The van der Waals surface area contributed by atoms with Crippen LogP contribution in [-0.4, -0.2) is 76.1 Å². The average molecular weight is 512 g/mol. The number of anilines is 1. The summed E-state index contributed by atoms with van der Waals surface area (Å²) in [5.74, 6) is 1.74. The summed E-state index contributed by atoms with van der Waals surface area (Å²) in [5, 5.41) is 11.1. The molecule has 0 radical (unpaired) electrons. The predicted molar refractivity (Wildman–Crippen MR) is 142 cm³/mol. The van der Waals surface area contributed by atoms with E-state index in [4.69, 9.17) is 11.6 Å². The molecule has 3 heterocycles. The smallest absolute Gasteiger partial charge is 0.231 e. The summed E-state index contributed by atoms with van der Waals surface area (Å²) >= 11 is 6.20. The molecular weight excluding hydrogens is 474 g/mol. The molecule has 0 bridgehead atoms. The molecular formula is C28H38ClN5O2. The summed E-state index contributed by atoms with van der Waals surface area (Å²) in [6, 6.07) is 8.09. The summed E-state index contributed by atoms with van der Waals surface area (Å²) in [4.78, 5) is 29.9. The Morgan fingerprint density at radius 1 is 1.11 bits per heavy atom. The Morgan fingerprint density at radius 3 is 2.53 bits per heavy atom. The molecule has 2 fully saturated rings. The van der Waals surface area contributed by atoms with Crippen LogP contribution in [0.3, 0.4) is 0 Å². The maximum Gasteiger partial charge on any atom is 0.231 e. The number of nitrogens with zero attached hydrogens (tertiary/aromatic N) is 5. The molecule has 8 heteroatoms. The van der Waals surface area contributed by atoms with Crippen molar-refractivity contribution in [1.29, 1.82) is 0 Å². The van der Waals surface area contributed by atoms with Crippen molar-refractivity contribution >= 4 is 23.3 Å². The van der Waals surface area contributed by atoms with Gasteiger partial charge in [0.05, 0.1) is 17.7 Å². The van der Waals surface area contributed by atoms with Crippen LogP contribution in [0.2, 0.25) is 5.02 Å². The van der Waals surface area contributed by atoms with Crippen LogP contribution in [0.25, 0.3) is 0 Å². The van der Waals surface area contributed by atoms with Crippen LogP contribution in [0.1, 0.15) is 74.8 Å². The Kier molecular flexibility index (Phi) is 7.52. The van der Waals surface area contributed by atoms with Crippen LogP contribution in [0.4, 0.5) is 5.82 Å². The van der Waals surface area contributed by atoms with E-state index >= 15 is 0 Å². The van der Waals surface area contributed by atoms with Crippen molar-refractivity contribution in [2.24, 2.45) is 5.92 Å². The number of hydrogen-bond acceptors (Lipinski definition) is 6. The molecule has 1 amide bonds. The Labute approximate surface area is 219 Å². The van der Waals surface area contributed by atoms with Gasteiger partial charge in [-0.15, -0.1) is 0 Å². The number of aliphatic hydroxyl groups excluding tert-OH is 1. The van der Waals surface area contributed by atoms with Crippen molar-refractivity contribution in [2.45, 2.75) is 64.0 Å². The van der Waals surface area contributed by atoms with E-state index in [1.807, 2.05) is 29.2 Å². The quantitative estimate of drug-likeness (QED) is 0.626. The highest BCUT2D eigenvalue weighted by Crippen LogP contribution is 2.43. The number of carbonyl (C=O) groups is 1. The molecule has 0 spiro atoms. The average Bonchev–Trinajstić information content (AvgIpc) is 3.43. The number of likely N-dealkylation sites (tertiary alicyclic amines) is 1. The lowest BCUT2D eigenvalue weighted by Crippen LogP contribution is -2.53. The molecule has 5 rings (SSSR count). The zero-order chi connectivity index (χ0) is 25.4. The number of fused-ring (bicyclic) bond motifs is 1. The maximum atomic E-state index is 14.1. The Balaban J connectivity index is 1.35. The Bertz CT molecular complexity index is 1070. The van der Waals surface area contributed by atoms with Crippen molar-refractivity contribution in [3.05, 3.63) is 52.4 Å². The standard InChI is InChI=1S/C28H38ClN5O2/c1-18(2)16-34-10-4-5-22(34)25(20-6-8-21(29)9-7-20)28(36)33-13-11-32(12-14-33)27-24-19(3)15-23(35)26(24)30-17-31-27/h6-9,17-19,22-23,25,35H,4-5,10-16H2,1-3H3/t19-,22+,23-,25+/m1/s1. The lowest BCUT2D eigenvalue weighted by Gasteiger charge is -2.40. The minimum Gasteiger partial charge on any atom is -0.387 e. The SMILES string of the molecule is CC(C)CN1CCC[C@H]1[C@@H](C(=O)N1CCN(c2ncnc3c2[C@H](C)C[C@H]3O)CC1)c1ccc(Cl)cc1. The fraction of sp³-hybridized carbons (Fsp3) is 0.607. The maximum absolute atomic E-state index is 14.1. The van der Waals surface area contributed by atoms with Crippen molar-refractivity contribution in [1.82, 2.24) is 19.8 Å².